The first-order valence-corrected chi connectivity index (χ1v) is 8.24. The Kier molecular flexibility index (Phi) is 8.87. The number of nitrogens with zero attached hydrogens (tertiary/aromatic N) is 1. The number of halogens is 3. The van der Waals surface area contributed by atoms with Gasteiger partial charge in [-0.25, -0.2) is 8.78 Å². The lowest BCUT2D eigenvalue weighted by atomic mass is 10.3. The molecule has 0 aliphatic rings. The summed E-state index contributed by atoms with van der Waals surface area (Å²) < 4.78 is 30.7. The van der Waals surface area contributed by atoms with Crippen LogP contribution < -0.4 is 0 Å². The molecular weight excluding hydrogens is 364 g/mol. The molecule has 1 aromatic carbocycles. The van der Waals surface area contributed by atoms with Gasteiger partial charge in [-0.05, 0) is 28.1 Å². The van der Waals surface area contributed by atoms with Crippen molar-refractivity contribution < 1.29 is 18.3 Å². The third kappa shape index (κ3) is 7.24. The van der Waals surface area contributed by atoms with Crippen molar-refractivity contribution in [3.8, 4) is 0 Å². The van der Waals surface area contributed by atoms with E-state index in [4.69, 9.17) is 4.74 Å². The molecule has 0 saturated carbocycles. The number of carbonyl (C=O) groups is 1. The maximum atomic E-state index is 12.5. The van der Waals surface area contributed by atoms with Gasteiger partial charge in [0, 0.05) is 35.2 Å². The van der Waals surface area contributed by atoms with E-state index in [-0.39, 0.29) is 25.5 Å². The molecule has 21 heavy (non-hydrogen) atoms. The molecule has 118 valence electrons. The van der Waals surface area contributed by atoms with E-state index in [1.165, 1.54) is 18.9 Å². The summed E-state index contributed by atoms with van der Waals surface area (Å²) in [7, 11) is 1.48. The van der Waals surface area contributed by atoms with Gasteiger partial charge < -0.3 is 9.64 Å². The van der Waals surface area contributed by atoms with E-state index in [0.717, 1.165) is 14.3 Å². The molecule has 3 nitrogen and oxygen atoms in total. The third-order valence-electron chi connectivity index (χ3n) is 2.69. The summed E-state index contributed by atoms with van der Waals surface area (Å²) in [5.41, 5.74) is 0. The minimum atomic E-state index is -2.53. The highest BCUT2D eigenvalue weighted by Gasteiger charge is 2.17. The molecule has 0 fully saturated rings. The molecule has 0 spiro atoms. The van der Waals surface area contributed by atoms with E-state index in [0.29, 0.717) is 5.75 Å². The lowest BCUT2D eigenvalue weighted by Crippen LogP contribution is -2.37. The SMILES string of the molecule is COCCN(CC(F)F)C(=O)CCSc1ccccc1Br. The minimum Gasteiger partial charge on any atom is -0.383 e. The lowest BCUT2D eigenvalue weighted by molar-refractivity contribution is -0.133. The first-order valence-electron chi connectivity index (χ1n) is 6.46. The van der Waals surface area contributed by atoms with Gasteiger partial charge >= 0.3 is 0 Å². The van der Waals surface area contributed by atoms with Crippen LogP contribution in [0.3, 0.4) is 0 Å². The zero-order valence-corrected chi connectivity index (χ0v) is 14.1. The number of ether oxygens (including phenoxy) is 1. The van der Waals surface area contributed by atoms with E-state index >= 15 is 0 Å². The van der Waals surface area contributed by atoms with Gasteiger partial charge in [-0.15, -0.1) is 11.8 Å². The van der Waals surface area contributed by atoms with Crippen LogP contribution >= 0.6 is 27.7 Å². The molecular formula is C14H18BrF2NO2S. The van der Waals surface area contributed by atoms with Crippen molar-refractivity contribution in [2.45, 2.75) is 17.7 Å². The molecule has 7 heteroatoms. The first kappa shape index (κ1) is 18.4. The fourth-order valence-electron chi connectivity index (χ4n) is 1.65. The Labute approximate surface area is 136 Å². The second-order valence-electron chi connectivity index (χ2n) is 4.25. The Morgan fingerprint density at radius 3 is 2.76 bits per heavy atom. The normalized spacial score (nSPS) is 10.9. The van der Waals surface area contributed by atoms with Crippen molar-refractivity contribution in [2.24, 2.45) is 0 Å². The standard InChI is InChI=1S/C14H18BrF2NO2S/c1-20-8-7-18(10-13(16)17)14(19)6-9-21-12-5-3-2-4-11(12)15/h2-5,13H,6-10H2,1H3. The van der Waals surface area contributed by atoms with Crippen LogP contribution in [0.5, 0.6) is 0 Å². The average Bonchev–Trinajstić information content (AvgIpc) is 2.45. The Morgan fingerprint density at radius 2 is 2.14 bits per heavy atom. The first-order chi connectivity index (χ1) is 10.0. The van der Waals surface area contributed by atoms with Crippen LogP contribution in [0.1, 0.15) is 6.42 Å². The van der Waals surface area contributed by atoms with E-state index in [1.807, 2.05) is 24.3 Å². The van der Waals surface area contributed by atoms with Gasteiger partial charge in [-0.3, -0.25) is 4.79 Å². The second kappa shape index (κ2) is 10.1. The zero-order chi connectivity index (χ0) is 15.7. The van der Waals surface area contributed by atoms with Crippen LogP contribution in [0.15, 0.2) is 33.6 Å². The number of thioether (sulfide) groups is 1. The van der Waals surface area contributed by atoms with Gasteiger partial charge in [-0.1, -0.05) is 12.1 Å². The lowest BCUT2D eigenvalue weighted by Gasteiger charge is -2.21. The van der Waals surface area contributed by atoms with Gasteiger partial charge in [0.2, 0.25) is 5.91 Å². The quantitative estimate of drug-likeness (QED) is 0.611. The molecule has 0 aliphatic carbocycles. The summed E-state index contributed by atoms with van der Waals surface area (Å²) in [6.45, 7) is -0.0862. The second-order valence-corrected chi connectivity index (χ2v) is 6.24. The van der Waals surface area contributed by atoms with Crippen LogP contribution in [0.25, 0.3) is 0 Å². The molecule has 0 saturated heterocycles. The summed E-state index contributed by atoms with van der Waals surface area (Å²) in [4.78, 5) is 14.2. The van der Waals surface area contributed by atoms with Crippen molar-refractivity contribution in [3.05, 3.63) is 28.7 Å². The molecule has 1 aromatic rings. The van der Waals surface area contributed by atoms with Gasteiger partial charge in [-0.2, -0.15) is 0 Å². The number of hydrogen-bond acceptors (Lipinski definition) is 3. The number of rotatable bonds is 9. The fourth-order valence-corrected chi connectivity index (χ4v) is 3.16. The highest BCUT2D eigenvalue weighted by atomic mass is 79.9. The predicted octanol–water partition coefficient (Wildman–Crippen LogP) is 3.67. The largest absolute Gasteiger partial charge is 0.383 e. The van der Waals surface area contributed by atoms with E-state index < -0.39 is 13.0 Å². The van der Waals surface area contributed by atoms with Crippen molar-refractivity contribution in [1.82, 2.24) is 4.90 Å². The summed E-state index contributed by atoms with van der Waals surface area (Å²) in [6, 6.07) is 7.69. The molecule has 0 aromatic heterocycles. The molecule has 0 heterocycles. The van der Waals surface area contributed by atoms with E-state index in [1.54, 1.807) is 0 Å². The Hall–Kier alpha value is -0.660. The van der Waals surface area contributed by atoms with Crippen molar-refractivity contribution >= 4 is 33.6 Å². The Morgan fingerprint density at radius 1 is 1.43 bits per heavy atom. The highest BCUT2D eigenvalue weighted by Crippen LogP contribution is 2.27. The number of hydrogen-bond donors (Lipinski definition) is 0. The maximum absolute atomic E-state index is 12.5. The van der Waals surface area contributed by atoms with Gasteiger partial charge in [0.05, 0.1) is 13.2 Å². The summed E-state index contributed by atoms with van der Waals surface area (Å²) in [5.74, 6) is 0.278. The highest BCUT2D eigenvalue weighted by molar-refractivity contribution is 9.10. The predicted molar refractivity (Wildman–Crippen MR) is 83.9 cm³/mol. The Balaban J connectivity index is 2.44. The van der Waals surface area contributed by atoms with E-state index in [2.05, 4.69) is 15.9 Å². The average molecular weight is 382 g/mol. The summed E-state index contributed by atoms with van der Waals surface area (Å²) in [6.07, 6.45) is -2.30. The molecule has 0 bridgehead atoms. The molecule has 0 unspecified atom stereocenters. The van der Waals surface area contributed by atoms with Crippen LogP contribution in [0.4, 0.5) is 8.78 Å². The molecule has 0 N–H and O–H groups in total. The van der Waals surface area contributed by atoms with Gasteiger partial charge in [0.15, 0.2) is 0 Å². The van der Waals surface area contributed by atoms with Crippen LogP contribution in [0.2, 0.25) is 0 Å². The smallest absolute Gasteiger partial charge is 0.255 e. The van der Waals surface area contributed by atoms with Crippen LogP contribution in [-0.2, 0) is 9.53 Å². The fraction of sp³-hybridized carbons (Fsp3) is 0.500. The minimum absolute atomic E-state index is 0.194. The third-order valence-corrected chi connectivity index (χ3v) is 4.72. The summed E-state index contributed by atoms with van der Waals surface area (Å²) >= 11 is 4.95. The Bertz CT molecular complexity index is 449. The topological polar surface area (TPSA) is 29.5 Å². The monoisotopic (exact) mass is 381 g/mol. The van der Waals surface area contributed by atoms with E-state index in [9.17, 15) is 13.6 Å². The number of carbonyl (C=O) groups excluding carboxylic acids is 1. The molecule has 0 radical (unpaired) electrons. The number of methoxy groups -OCH3 is 1. The zero-order valence-electron chi connectivity index (χ0n) is 11.7. The van der Waals surface area contributed by atoms with Crippen molar-refractivity contribution in [3.63, 3.8) is 0 Å². The van der Waals surface area contributed by atoms with Crippen molar-refractivity contribution in [2.75, 3.05) is 32.6 Å². The molecule has 0 atom stereocenters. The number of alkyl halides is 2. The van der Waals surface area contributed by atoms with Gasteiger partial charge in [0.1, 0.15) is 0 Å². The molecule has 0 aliphatic heterocycles. The summed E-state index contributed by atoms with van der Waals surface area (Å²) in [5, 5.41) is 0. The van der Waals surface area contributed by atoms with Gasteiger partial charge in [0.25, 0.3) is 6.43 Å². The molecule has 1 rings (SSSR count). The maximum Gasteiger partial charge on any atom is 0.255 e. The number of benzene rings is 1. The van der Waals surface area contributed by atoms with Crippen LogP contribution in [-0.4, -0.2) is 49.8 Å². The molecule has 1 amide bonds. The number of amides is 1. The van der Waals surface area contributed by atoms with Crippen LogP contribution in [0, 0.1) is 0 Å². The van der Waals surface area contributed by atoms with Crippen molar-refractivity contribution in [1.29, 1.82) is 0 Å².